The van der Waals surface area contributed by atoms with Crippen molar-refractivity contribution in [3.63, 3.8) is 0 Å². The van der Waals surface area contributed by atoms with Crippen LogP contribution in [0.15, 0.2) is 73.8 Å². The van der Waals surface area contributed by atoms with Crippen molar-refractivity contribution in [1.29, 1.82) is 0 Å². The number of benzene rings is 1. The molecule has 1 aromatic carbocycles. The fourth-order valence-electron chi connectivity index (χ4n) is 4.45. The quantitative estimate of drug-likeness (QED) is 0.443. The number of anilines is 1. The summed E-state index contributed by atoms with van der Waals surface area (Å²) in [4.78, 5) is 42.8. The largest absolute Gasteiger partial charge is 0.345 e. The van der Waals surface area contributed by atoms with Crippen LogP contribution in [-0.4, -0.2) is 49.7 Å². The Morgan fingerprint density at radius 2 is 1.85 bits per heavy atom. The number of H-pyrrole nitrogens is 1. The third-order valence-corrected chi connectivity index (χ3v) is 6.23. The van der Waals surface area contributed by atoms with Crippen molar-refractivity contribution in [3.8, 4) is 11.1 Å². The van der Waals surface area contributed by atoms with Gasteiger partial charge in [0.05, 0.1) is 5.69 Å². The van der Waals surface area contributed by atoms with Crippen LogP contribution in [0, 0.1) is 0 Å². The van der Waals surface area contributed by atoms with E-state index in [0.29, 0.717) is 24.5 Å². The number of aromatic nitrogens is 4. The molecule has 1 aliphatic rings. The van der Waals surface area contributed by atoms with Crippen LogP contribution < -0.4 is 5.32 Å². The zero-order chi connectivity index (χ0) is 23.5. The molecule has 0 bridgehead atoms. The molecular weight excluding hydrogens is 428 g/mol. The number of aromatic amines is 1. The number of nitrogens with one attached hydrogen (secondary N) is 2. The van der Waals surface area contributed by atoms with E-state index in [1.54, 1.807) is 36.8 Å². The Morgan fingerprint density at radius 3 is 2.56 bits per heavy atom. The molecule has 0 atom stereocenters. The van der Waals surface area contributed by atoms with Gasteiger partial charge >= 0.3 is 0 Å². The Labute approximate surface area is 196 Å². The first-order valence-corrected chi connectivity index (χ1v) is 11.2. The van der Waals surface area contributed by atoms with Gasteiger partial charge in [0.1, 0.15) is 17.8 Å². The van der Waals surface area contributed by atoms with E-state index >= 15 is 0 Å². The maximum Gasteiger partial charge on any atom is 0.256 e. The Hall–Kier alpha value is -4.33. The number of likely N-dealkylation sites (tertiary alicyclic amines) is 1. The zero-order valence-corrected chi connectivity index (χ0v) is 18.6. The molecule has 170 valence electrons. The molecule has 1 aliphatic heterocycles. The van der Waals surface area contributed by atoms with Gasteiger partial charge in [0.2, 0.25) is 5.91 Å². The van der Waals surface area contributed by atoms with Crippen LogP contribution in [0.3, 0.4) is 0 Å². The standard InChI is InChI=1S/C26H24N6O2/c1-2-22(33)32-13-10-18(11-14-32)24-23-20(15-28-25(23)30-16-29-24)17-6-8-19(9-7-17)26(34)31-21-5-3-4-12-27-21/h2-9,12,15-16,18H,1,10-11,13-14H2,(H,27,31,34)(H,28,29,30). The van der Waals surface area contributed by atoms with Crippen LogP contribution in [0.4, 0.5) is 5.82 Å². The highest BCUT2D eigenvalue weighted by Crippen LogP contribution is 2.36. The molecule has 8 nitrogen and oxygen atoms in total. The Bertz CT molecular complexity index is 1340. The minimum atomic E-state index is -0.214. The van der Waals surface area contributed by atoms with Crippen LogP contribution >= 0.6 is 0 Å². The number of piperidine rings is 1. The SMILES string of the molecule is C=CC(=O)N1CCC(c2ncnc3[nH]cc(-c4ccc(C(=O)Nc5ccccn5)cc4)c23)CC1. The average Bonchev–Trinajstić information content (AvgIpc) is 3.33. The summed E-state index contributed by atoms with van der Waals surface area (Å²) in [6.07, 6.45) is 8.20. The predicted molar refractivity (Wildman–Crippen MR) is 130 cm³/mol. The summed E-state index contributed by atoms with van der Waals surface area (Å²) >= 11 is 0. The lowest BCUT2D eigenvalue weighted by molar-refractivity contribution is -0.127. The monoisotopic (exact) mass is 452 g/mol. The third-order valence-electron chi connectivity index (χ3n) is 6.23. The highest BCUT2D eigenvalue weighted by Gasteiger charge is 2.26. The molecule has 0 spiro atoms. The highest BCUT2D eigenvalue weighted by molar-refractivity contribution is 6.04. The van der Waals surface area contributed by atoms with Gasteiger partial charge < -0.3 is 15.2 Å². The number of carbonyl (C=O) groups excluding carboxylic acids is 2. The maximum atomic E-state index is 12.6. The molecule has 1 saturated heterocycles. The molecule has 0 aliphatic carbocycles. The first-order valence-electron chi connectivity index (χ1n) is 11.2. The van der Waals surface area contributed by atoms with E-state index in [9.17, 15) is 9.59 Å². The second-order valence-electron chi connectivity index (χ2n) is 8.24. The van der Waals surface area contributed by atoms with E-state index in [4.69, 9.17) is 0 Å². The van der Waals surface area contributed by atoms with Crippen molar-refractivity contribution in [2.45, 2.75) is 18.8 Å². The Kier molecular flexibility index (Phi) is 5.86. The predicted octanol–water partition coefficient (Wildman–Crippen LogP) is 4.16. The minimum Gasteiger partial charge on any atom is -0.345 e. The van der Waals surface area contributed by atoms with Crippen molar-refractivity contribution in [2.24, 2.45) is 0 Å². The summed E-state index contributed by atoms with van der Waals surface area (Å²) < 4.78 is 0. The first kappa shape index (κ1) is 21.5. The van der Waals surface area contributed by atoms with Gasteiger partial charge in [-0.05, 0) is 48.7 Å². The molecule has 8 heteroatoms. The number of rotatable bonds is 5. The van der Waals surface area contributed by atoms with Crippen molar-refractivity contribution in [1.82, 2.24) is 24.8 Å². The lowest BCUT2D eigenvalue weighted by Gasteiger charge is -2.31. The summed E-state index contributed by atoms with van der Waals surface area (Å²) in [5, 5.41) is 3.79. The summed E-state index contributed by atoms with van der Waals surface area (Å²) in [7, 11) is 0. The van der Waals surface area contributed by atoms with Crippen LogP contribution in [0.1, 0.15) is 34.8 Å². The fraction of sp³-hybridized carbons (Fsp3) is 0.192. The molecular formula is C26H24N6O2. The van der Waals surface area contributed by atoms with Crippen molar-refractivity contribution < 1.29 is 9.59 Å². The van der Waals surface area contributed by atoms with E-state index in [1.165, 1.54) is 6.08 Å². The topological polar surface area (TPSA) is 104 Å². The van der Waals surface area contributed by atoms with Gasteiger partial charge in [-0.25, -0.2) is 15.0 Å². The molecule has 2 N–H and O–H groups in total. The number of hydrogen-bond donors (Lipinski definition) is 2. The molecule has 4 heterocycles. The molecule has 34 heavy (non-hydrogen) atoms. The van der Waals surface area contributed by atoms with E-state index in [0.717, 1.165) is 40.7 Å². The minimum absolute atomic E-state index is 0.0270. The van der Waals surface area contributed by atoms with Crippen LogP contribution in [0.2, 0.25) is 0 Å². The van der Waals surface area contributed by atoms with E-state index in [2.05, 4.69) is 31.8 Å². The lowest BCUT2D eigenvalue weighted by Crippen LogP contribution is -2.37. The van der Waals surface area contributed by atoms with Crippen molar-refractivity contribution in [3.05, 3.63) is 85.1 Å². The Balaban J connectivity index is 1.40. The van der Waals surface area contributed by atoms with E-state index < -0.39 is 0 Å². The van der Waals surface area contributed by atoms with Gasteiger partial charge in [-0.2, -0.15) is 0 Å². The molecule has 0 radical (unpaired) electrons. The molecule has 4 aromatic rings. The van der Waals surface area contributed by atoms with Crippen LogP contribution in [0.5, 0.6) is 0 Å². The second-order valence-corrected chi connectivity index (χ2v) is 8.24. The maximum absolute atomic E-state index is 12.6. The third kappa shape index (κ3) is 4.17. The number of nitrogens with zero attached hydrogens (tertiary/aromatic N) is 4. The van der Waals surface area contributed by atoms with E-state index in [1.807, 2.05) is 29.3 Å². The van der Waals surface area contributed by atoms with Gasteiger partial charge in [-0.15, -0.1) is 0 Å². The normalized spacial score (nSPS) is 14.2. The number of amides is 2. The molecule has 1 fully saturated rings. The summed E-state index contributed by atoms with van der Waals surface area (Å²) in [6, 6.07) is 12.8. The summed E-state index contributed by atoms with van der Waals surface area (Å²) in [6.45, 7) is 4.95. The fourth-order valence-corrected chi connectivity index (χ4v) is 4.45. The molecule has 2 amide bonds. The number of pyridine rings is 1. The molecule has 0 unspecified atom stereocenters. The first-order chi connectivity index (χ1) is 16.6. The van der Waals surface area contributed by atoms with Gasteiger partial charge in [-0.1, -0.05) is 24.8 Å². The second kappa shape index (κ2) is 9.27. The van der Waals surface area contributed by atoms with Crippen LogP contribution in [0.25, 0.3) is 22.2 Å². The van der Waals surface area contributed by atoms with Gasteiger partial charge in [0.25, 0.3) is 5.91 Å². The van der Waals surface area contributed by atoms with E-state index in [-0.39, 0.29) is 17.7 Å². The molecule has 5 rings (SSSR count). The van der Waals surface area contributed by atoms with Gasteiger partial charge in [0.15, 0.2) is 0 Å². The Morgan fingerprint density at radius 1 is 1.06 bits per heavy atom. The lowest BCUT2D eigenvalue weighted by atomic mass is 9.90. The molecule has 0 saturated carbocycles. The van der Waals surface area contributed by atoms with Crippen LogP contribution in [-0.2, 0) is 4.79 Å². The number of carbonyl (C=O) groups is 2. The summed E-state index contributed by atoms with van der Waals surface area (Å²) in [5.74, 6) is 0.503. The van der Waals surface area contributed by atoms with Gasteiger partial charge in [-0.3, -0.25) is 9.59 Å². The average molecular weight is 453 g/mol. The van der Waals surface area contributed by atoms with Crippen molar-refractivity contribution >= 4 is 28.7 Å². The summed E-state index contributed by atoms with van der Waals surface area (Å²) in [5.41, 5.74) is 4.28. The van der Waals surface area contributed by atoms with Crippen molar-refractivity contribution in [2.75, 3.05) is 18.4 Å². The smallest absolute Gasteiger partial charge is 0.256 e. The number of hydrogen-bond acceptors (Lipinski definition) is 5. The highest BCUT2D eigenvalue weighted by atomic mass is 16.2. The number of fused-ring (bicyclic) bond motifs is 1. The molecule has 3 aromatic heterocycles. The zero-order valence-electron chi connectivity index (χ0n) is 18.6. The van der Waals surface area contributed by atoms with Gasteiger partial charge in [0, 0.05) is 47.9 Å².